The first-order chi connectivity index (χ1) is 13.0. The monoisotopic (exact) mass is 394 g/mol. The normalized spacial score (nSPS) is 16.5. The van der Waals surface area contributed by atoms with Crippen molar-refractivity contribution in [3.8, 4) is 0 Å². The summed E-state index contributed by atoms with van der Waals surface area (Å²) in [6, 6.07) is 11.4. The molecule has 0 atom stereocenters. The van der Waals surface area contributed by atoms with Gasteiger partial charge in [0.15, 0.2) is 0 Å². The fourth-order valence-electron chi connectivity index (χ4n) is 3.53. The molecule has 0 aliphatic carbocycles. The summed E-state index contributed by atoms with van der Waals surface area (Å²) in [6.45, 7) is 9.58. The number of benzene rings is 2. The van der Waals surface area contributed by atoms with E-state index in [4.69, 9.17) is 0 Å². The van der Waals surface area contributed by atoms with Crippen molar-refractivity contribution >= 4 is 5.69 Å². The number of halogens is 4. The van der Waals surface area contributed by atoms with Crippen LogP contribution in [0.2, 0.25) is 0 Å². The summed E-state index contributed by atoms with van der Waals surface area (Å²) in [5.74, 6) is -0.867. The van der Waals surface area contributed by atoms with Gasteiger partial charge in [-0.05, 0) is 34.7 Å². The van der Waals surface area contributed by atoms with Gasteiger partial charge in [-0.2, -0.15) is 13.2 Å². The Balaban J connectivity index is 1.64. The van der Waals surface area contributed by atoms with Crippen LogP contribution >= 0.6 is 0 Å². The fraction of sp³-hybridized carbons (Fsp3) is 0.455. The van der Waals surface area contributed by atoms with Gasteiger partial charge in [0.05, 0.1) is 5.56 Å². The van der Waals surface area contributed by atoms with Crippen LogP contribution in [0.4, 0.5) is 23.2 Å². The summed E-state index contributed by atoms with van der Waals surface area (Å²) < 4.78 is 53.1. The van der Waals surface area contributed by atoms with E-state index in [1.807, 2.05) is 0 Å². The van der Waals surface area contributed by atoms with Crippen LogP contribution in [-0.4, -0.2) is 31.1 Å². The highest BCUT2D eigenvalue weighted by atomic mass is 19.4. The Hall–Kier alpha value is -2.08. The molecule has 1 saturated heterocycles. The van der Waals surface area contributed by atoms with Gasteiger partial charge in [-0.25, -0.2) is 4.39 Å². The Bertz CT molecular complexity index is 799. The van der Waals surface area contributed by atoms with Gasteiger partial charge < -0.3 is 4.90 Å². The average Bonchev–Trinajstić information content (AvgIpc) is 2.61. The minimum absolute atomic E-state index is 0.0584. The Labute approximate surface area is 163 Å². The number of hydrogen-bond donors (Lipinski definition) is 0. The molecule has 0 bridgehead atoms. The first-order valence-electron chi connectivity index (χ1n) is 9.47. The molecular weight excluding hydrogens is 368 g/mol. The highest BCUT2D eigenvalue weighted by molar-refractivity contribution is 5.55. The summed E-state index contributed by atoms with van der Waals surface area (Å²) in [5, 5.41) is 0. The SMILES string of the molecule is CC(C)(C)c1ccc(CN2CCN(c3ccc(F)cc3C(F)(F)F)CC2)cc1. The molecular formula is C22H26F4N2. The first-order valence-corrected chi connectivity index (χ1v) is 9.47. The second kappa shape index (κ2) is 7.74. The molecule has 0 spiro atoms. The van der Waals surface area contributed by atoms with E-state index in [0.29, 0.717) is 32.2 Å². The lowest BCUT2D eigenvalue weighted by Crippen LogP contribution is -2.46. The van der Waals surface area contributed by atoms with Crippen LogP contribution < -0.4 is 4.90 Å². The van der Waals surface area contributed by atoms with Gasteiger partial charge in [-0.3, -0.25) is 4.90 Å². The molecule has 0 radical (unpaired) electrons. The second-order valence-electron chi connectivity index (χ2n) is 8.37. The molecule has 2 aromatic rings. The van der Waals surface area contributed by atoms with Crippen LogP contribution in [-0.2, 0) is 18.1 Å². The molecule has 1 aliphatic heterocycles. The Morgan fingerprint density at radius 2 is 1.46 bits per heavy atom. The van der Waals surface area contributed by atoms with Crippen molar-refractivity contribution < 1.29 is 17.6 Å². The first kappa shape index (κ1) is 20.6. The predicted molar refractivity (Wildman–Crippen MR) is 104 cm³/mol. The van der Waals surface area contributed by atoms with Gasteiger partial charge in [0, 0.05) is 38.4 Å². The summed E-state index contributed by atoms with van der Waals surface area (Å²) in [7, 11) is 0. The zero-order valence-corrected chi connectivity index (χ0v) is 16.5. The lowest BCUT2D eigenvalue weighted by molar-refractivity contribution is -0.137. The highest BCUT2D eigenvalue weighted by Crippen LogP contribution is 2.37. The quantitative estimate of drug-likeness (QED) is 0.638. The maximum Gasteiger partial charge on any atom is 0.418 e. The van der Waals surface area contributed by atoms with Crippen LogP contribution in [0.1, 0.15) is 37.5 Å². The van der Waals surface area contributed by atoms with E-state index in [0.717, 1.165) is 12.6 Å². The van der Waals surface area contributed by atoms with Gasteiger partial charge in [-0.15, -0.1) is 0 Å². The molecule has 1 heterocycles. The number of rotatable bonds is 3. The van der Waals surface area contributed by atoms with Crippen molar-refractivity contribution in [2.24, 2.45) is 0 Å². The van der Waals surface area contributed by atoms with Gasteiger partial charge in [-0.1, -0.05) is 45.0 Å². The molecule has 6 heteroatoms. The van der Waals surface area contributed by atoms with Gasteiger partial charge in [0.1, 0.15) is 5.82 Å². The van der Waals surface area contributed by atoms with Crippen LogP contribution in [0.15, 0.2) is 42.5 Å². The minimum Gasteiger partial charge on any atom is -0.368 e. The second-order valence-corrected chi connectivity index (χ2v) is 8.37. The van der Waals surface area contributed by atoms with Crippen molar-refractivity contribution in [2.45, 2.75) is 38.9 Å². The standard InChI is InChI=1S/C22H26F4N2/c1-21(2,3)17-6-4-16(5-7-17)15-27-10-12-28(13-11-27)20-9-8-18(23)14-19(20)22(24,25)26/h4-9,14H,10-13,15H2,1-3H3. The number of anilines is 1. The molecule has 0 amide bonds. The van der Waals surface area contributed by atoms with Gasteiger partial charge >= 0.3 is 6.18 Å². The van der Waals surface area contributed by atoms with E-state index >= 15 is 0 Å². The van der Waals surface area contributed by atoms with E-state index in [2.05, 4.69) is 49.9 Å². The third-order valence-electron chi connectivity index (χ3n) is 5.20. The number of hydrogen-bond acceptors (Lipinski definition) is 2. The maximum atomic E-state index is 13.3. The van der Waals surface area contributed by atoms with Crippen molar-refractivity contribution in [1.29, 1.82) is 0 Å². The van der Waals surface area contributed by atoms with E-state index < -0.39 is 17.6 Å². The Kier molecular flexibility index (Phi) is 5.71. The number of alkyl halides is 3. The molecule has 0 aromatic heterocycles. The van der Waals surface area contributed by atoms with Crippen molar-refractivity contribution in [3.05, 3.63) is 65.0 Å². The third kappa shape index (κ3) is 4.85. The van der Waals surface area contributed by atoms with Gasteiger partial charge in [0.2, 0.25) is 0 Å². The molecule has 1 aliphatic rings. The van der Waals surface area contributed by atoms with Crippen molar-refractivity contribution in [2.75, 3.05) is 31.1 Å². The smallest absolute Gasteiger partial charge is 0.368 e. The molecule has 28 heavy (non-hydrogen) atoms. The lowest BCUT2D eigenvalue weighted by atomic mass is 9.87. The van der Waals surface area contributed by atoms with E-state index in [1.54, 1.807) is 4.90 Å². The number of nitrogens with zero attached hydrogens (tertiary/aromatic N) is 2. The third-order valence-corrected chi connectivity index (χ3v) is 5.20. The van der Waals surface area contributed by atoms with Crippen molar-refractivity contribution in [1.82, 2.24) is 4.90 Å². The summed E-state index contributed by atoms with van der Waals surface area (Å²) in [4.78, 5) is 3.93. The molecule has 2 aromatic carbocycles. The molecule has 0 N–H and O–H groups in total. The Morgan fingerprint density at radius 3 is 2.00 bits per heavy atom. The van der Waals surface area contributed by atoms with Crippen LogP contribution in [0.25, 0.3) is 0 Å². The van der Waals surface area contributed by atoms with E-state index in [9.17, 15) is 17.6 Å². The predicted octanol–water partition coefficient (Wildman–Crippen LogP) is 5.46. The summed E-state index contributed by atoms with van der Waals surface area (Å²) >= 11 is 0. The summed E-state index contributed by atoms with van der Waals surface area (Å²) in [5.41, 5.74) is 1.73. The molecule has 3 rings (SSSR count). The van der Waals surface area contributed by atoms with Crippen molar-refractivity contribution in [3.63, 3.8) is 0 Å². The van der Waals surface area contributed by atoms with Crippen LogP contribution in [0, 0.1) is 5.82 Å². The Morgan fingerprint density at radius 1 is 0.857 bits per heavy atom. The van der Waals surface area contributed by atoms with E-state index in [-0.39, 0.29) is 11.1 Å². The molecule has 2 nitrogen and oxygen atoms in total. The zero-order chi connectivity index (χ0) is 20.5. The molecule has 1 fully saturated rings. The summed E-state index contributed by atoms with van der Waals surface area (Å²) in [6.07, 6.45) is -4.57. The molecule has 0 saturated carbocycles. The molecule has 0 unspecified atom stereocenters. The fourth-order valence-corrected chi connectivity index (χ4v) is 3.53. The maximum absolute atomic E-state index is 13.3. The number of piperazine rings is 1. The average molecular weight is 394 g/mol. The highest BCUT2D eigenvalue weighted by Gasteiger charge is 2.36. The van der Waals surface area contributed by atoms with Gasteiger partial charge in [0.25, 0.3) is 0 Å². The van der Waals surface area contributed by atoms with E-state index in [1.165, 1.54) is 17.2 Å². The largest absolute Gasteiger partial charge is 0.418 e. The topological polar surface area (TPSA) is 6.48 Å². The van der Waals surface area contributed by atoms with Crippen LogP contribution in [0.3, 0.4) is 0 Å². The lowest BCUT2D eigenvalue weighted by Gasteiger charge is -2.37. The zero-order valence-electron chi connectivity index (χ0n) is 16.5. The van der Waals surface area contributed by atoms with Crippen LogP contribution in [0.5, 0.6) is 0 Å². The molecule has 152 valence electrons. The minimum atomic E-state index is -4.57.